The van der Waals surface area contributed by atoms with E-state index in [-0.39, 0.29) is 11.0 Å². The van der Waals surface area contributed by atoms with Crippen LogP contribution in [0.2, 0.25) is 0 Å². The van der Waals surface area contributed by atoms with Gasteiger partial charge in [-0.1, -0.05) is 0 Å². The van der Waals surface area contributed by atoms with Gasteiger partial charge in [0.1, 0.15) is 0 Å². The van der Waals surface area contributed by atoms with E-state index in [2.05, 4.69) is 73.4 Å². The molecule has 0 spiro atoms. The smallest absolute Gasteiger partial charge is 0.719 e. The first kappa shape index (κ1) is 29.7. The summed E-state index contributed by atoms with van der Waals surface area (Å²) in [6.45, 7) is 0. The van der Waals surface area contributed by atoms with Crippen molar-refractivity contribution in [3.8, 4) is 0 Å². The number of nitrogens with two attached hydrogens (primary N) is 4. The molecule has 0 aromatic carbocycles. The molecule has 8 N–H and O–H groups in total. The first-order valence-corrected chi connectivity index (χ1v) is 4.42. The van der Waals surface area contributed by atoms with Gasteiger partial charge in [-0.2, -0.15) is 0 Å². The second-order valence-corrected chi connectivity index (χ2v) is 2.89. The maximum absolute atomic E-state index is 9.04. The summed E-state index contributed by atoms with van der Waals surface area (Å²) in [5, 5.41) is -3.00. The van der Waals surface area contributed by atoms with Crippen molar-refractivity contribution in [3.05, 3.63) is 0 Å². The summed E-state index contributed by atoms with van der Waals surface area (Å²) < 4.78 is 0. The first-order valence-electron chi connectivity index (χ1n) is 2.79. The van der Waals surface area contributed by atoms with Gasteiger partial charge in [0.2, 0.25) is 0 Å². The van der Waals surface area contributed by atoms with Crippen LogP contribution in [0.3, 0.4) is 0 Å². The molecule has 0 saturated heterocycles. The van der Waals surface area contributed by atoms with Gasteiger partial charge in [0.05, 0.1) is 21.0 Å². The van der Waals surface area contributed by atoms with Gasteiger partial charge < -0.3 is 92.6 Å². The SMILES string of the molecule is NC(=O)[S-].NC(=O)[S-].NC(=O)[S-].NC(=O)[S-].[Si+4]. The maximum Gasteiger partial charge on any atom is 4.00 e. The van der Waals surface area contributed by atoms with Crippen molar-refractivity contribution in [1.82, 2.24) is 0 Å². The van der Waals surface area contributed by atoms with Crippen LogP contribution in [0, 0.1) is 0 Å². The van der Waals surface area contributed by atoms with E-state index in [0.29, 0.717) is 0 Å². The molecular formula is C4H8N4O4S4Si. The molecule has 17 heavy (non-hydrogen) atoms. The van der Waals surface area contributed by atoms with Gasteiger partial charge in [0, 0.05) is 0 Å². The number of carbonyl (C=O) groups excluding carboxylic acids is 4. The number of amides is 4. The Hall–Kier alpha value is -1.02. The molecule has 0 saturated carbocycles. The normalized spacial score (nSPS) is 5.65. The second kappa shape index (κ2) is 24.3. The minimum absolute atomic E-state index is 0. The average Bonchev–Trinajstić information content (AvgIpc) is 1.76. The third-order valence-electron chi connectivity index (χ3n) is 0. The van der Waals surface area contributed by atoms with Gasteiger partial charge in [-0.3, -0.25) is 0 Å². The fourth-order valence-electron chi connectivity index (χ4n) is 0. The molecule has 0 heterocycles. The molecule has 0 fully saturated rings. The van der Waals surface area contributed by atoms with Crippen LogP contribution in [-0.2, 0) is 50.5 Å². The Morgan fingerprint density at radius 1 is 0.529 bits per heavy atom. The van der Waals surface area contributed by atoms with E-state index in [4.69, 9.17) is 19.2 Å². The zero-order valence-corrected chi connectivity index (χ0v) is 12.3. The van der Waals surface area contributed by atoms with Crippen molar-refractivity contribution in [2.75, 3.05) is 0 Å². The summed E-state index contributed by atoms with van der Waals surface area (Å²) >= 11 is 15.0. The summed E-state index contributed by atoms with van der Waals surface area (Å²) in [5.74, 6) is 0. The largest absolute Gasteiger partial charge is 4.00 e. The molecule has 0 atom stereocenters. The van der Waals surface area contributed by atoms with E-state index >= 15 is 0 Å². The van der Waals surface area contributed by atoms with Crippen molar-refractivity contribution >= 4 is 82.4 Å². The molecule has 0 rings (SSSR count). The van der Waals surface area contributed by atoms with E-state index in [1.165, 1.54) is 0 Å². The molecule has 4 amide bonds. The molecule has 0 aliphatic carbocycles. The van der Waals surface area contributed by atoms with Gasteiger partial charge in [0.25, 0.3) is 0 Å². The quantitative estimate of drug-likeness (QED) is 0.293. The molecule has 8 nitrogen and oxygen atoms in total. The third-order valence-corrected chi connectivity index (χ3v) is 0. The first-order chi connectivity index (χ1) is 6.93. The van der Waals surface area contributed by atoms with Crippen LogP contribution in [0.4, 0.5) is 19.2 Å². The summed E-state index contributed by atoms with van der Waals surface area (Å²) in [4.78, 5) is 36.1. The van der Waals surface area contributed by atoms with E-state index < -0.39 is 21.0 Å². The molecular weight excluding hydrogens is 324 g/mol. The van der Waals surface area contributed by atoms with Crippen LogP contribution in [0.1, 0.15) is 0 Å². The van der Waals surface area contributed by atoms with Crippen molar-refractivity contribution in [1.29, 1.82) is 0 Å². The van der Waals surface area contributed by atoms with E-state index in [0.717, 1.165) is 0 Å². The van der Waals surface area contributed by atoms with Crippen molar-refractivity contribution < 1.29 is 19.2 Å². The Bertz CT molecular complexity index is 178. The Morgan fingerprint density at radius 2 is 0.529 bits per heavy atom. The second-order valence-electron chi connectivity index (χ2n) is 1.28. The molecule has 0 radical (unpaired) electrons. The number of carbonyl (C=O) groups is 4. The monoisotopic (exact) mass is 332 g/mol. The van der Waals surface area contributed by atoms with Gasteiger partial charge in [-0.05, 0) is 0 Å². The summed E-state index contributed by atoms with van der Waals surface area (Å²) in [7, 11) is 0. The minimum Gasteiger partial charge on any atom is -0.719 e. The number of rotatable bonds is 0. The molecule has 0 aliphatic heterocycles. The number of primary amides is 4. The van der Waals surface area contributed by atoms with Gasteiger partial charge in [-0.25, -0.2) is 0 Å². The predicted octanol–water partition coefficient (Wildman–Crippen LogP) is -1.93. The van der Waals surface area contributed by atoms with Crippen LogP contribution in [0.15, 0.2) is 0 Å². The minimum atomic E-state index is -0.750. The predicted molar refractivity (Wildman–Crippen MR) is 73.5 cm³/mol. The molecule has 0 aromatic heterocycles. The molecule has 0 unspecified atom stereocenters. The van der Waals surface area contributed by atoms with Crippen molar-refractivity contribution in [2.24, 2.45) is 22.9 Å². The van der Waals surface area contributed by atoms with Gasteiger partial charge in [0.15, 0.2) is 0 Å². The Kier molecular flexibility index (Phi) is 42.5. The van der Waals surface area contributed by atoms with Crippen molar-refractivity contribution in [3.63, 3.8) is 0 Å². The third kappa shape index (κ3) is 2410. The number of hydrogen-bond acceptors (Lipinski definition) is 8. The molecule has 96 valence electrons. The van der Waals surface area contributed by atoms with Crippen molar-refractivity contribution in [2.45, 2.75) is 0 Å². The summed E-state index contributed by atoms with van der Waals surface area (Å²) in [5.41, 5.74) is 17.1. The zero-order chi connectivity index (χ0) is 14.3. The van der Waals surface area contributed by atoms with E-state index in [1.54, 1.807) is 0 Å². The fraction of sp³-hybridized carbons (Fsp3) is 0. The van der Waals surface area contributed by atoms with E-state index in [9.17, 15) is 0 Å². The topological polar surface area (TPSA) is 172 Å². The molecule has 13 heteroatoms. The Morgan fingerprint density at radius 3 is 0.529 bits per heavy atom. The molecule has 0 aliphatic rings. The van der Waals surface area contributed by atoms with Gasteiger partial charge >= 0.3 is 11.0 Å². The summed E-state index contributed by atoms with van der Waals surface area (Å²) in [6.07, 6.45) is 0. The summed E-state index contributed by atoms with van der Waals surface area (Å²) in [6, 6.07) is 0. The Labute approximate surface area is 124 Å². The average molecular weight is 332 g/mol. The molecule has 0 aromatic rings. The Balaban J connectivity index is -0.0000000369. The zero-order valence-electron chi connectivity index (χ0n) is 8.08. The number of hydrogen-bond donors (Lipinski definition) is 4. The van der Waals surface area contributed by atoms with Crippen LogP contribution in [0.5, 0.6) is 0 Å². The van der Waals surface area contributed by atoms with E-state index in [1.807, 2.05) is 0 Å². The fourth-order valence-corrected chi connectivity index (χ4v) is 0. The van der Waals surface area contributed by atoms with Crippen LogP contribution in [-0.4, -0.2) is 31.9 Å². The van der Waals surface area contributed by atoms with Crippen LogP contribution in [0.25, 0.3) is 0 Å². The standard InChI is InChI=1S/4CH3NOS.Si/c4*2-1(3)4;/h4*(H3,2,3,4);/q;;;;+4/p-4. The van der Waals surface area contributed by atoms with Gasteiger partial charge in [-0.15, -0.1) is 0 Å². The maximum atomic E-state index is 9.04. The molecule has 0 bridgehead atoms. The van der Waals surface area contributed by atoms with Crippen LogP contribution >= 0.6 is 0 Å². The van der Waals surface area contributed by atoms with Crippen LogP contribution < -0.4 is 22.9 Å².